The van der Waals surface area contributed by atoms with Crippen LogP contribution in [-0.2, 0) is 9.31 Å². The second-order valence-corrected chi connectivity index (χ2v) is 9.21. The molecule has 1 saturated heterocycles. The summed E-state index contributed by atoms with van der Waals surface area (Å²) in [6, 6.07) is 3.94. The molecule has 37 heavy (non-hydrogen) atoms. The van der Waals surface area contributed by atoms with E-state index in [4.69, 9.17) is 14.4 Å². The van der Waals surface area contributed by atoms with Gasteiger partial charge in [-0.25, -0.2) is 4.79 Å². The van der Waals surface area contributed by atoms with Crippen LogP contribution in [0.2, 0.25) is 12.1 Å². The summed E-state index contributed by atoms with van der Waals surface area (Å²) in [4.78, 5) is 10.8. The van der Waals surface area contributed by atoms with Gasteiger partial charge in [0.15, 0.2) is 0 Å². The first-order valence-corrected chi connectivity index (χ1v) is 11.3. The minimum absolute atomic E-state index is 0.0528. The molecule has 0 amide bonds. The topological polar surface area (TPSA) is 55.8 Å². The summed E-state index contributed by atoms with van der Waals surface area (Å²) in [5.41, 5.74) is 0.309. The maximum absolute atomic E-state index is 13.8. The largest absolute Gasteiger partial charge is 0.494 e. The number of alkyl halides is 13. The highest BCUT2D eigenvalue weighted by molar-refractivity contribution is 6.61. The molecule has 1 N–H and O–H groups in total. The zero-order chi connectivity index (χ0) is 28.7. The fraction of sp³-hybridized carbons (Fsp3) is 0.611. The summed E-state index contributed by atoms with van der Waals surface area (Å²) < 4.78 is 181. The summed E-state index contributed by atoms with van der Waals surface area (Å²) in [5.74, 6) is -38.0. The molecule has 1 atom stereocenters. The molecule has 1 fully saturated rings. The van der Waals surface area contributed by atoms with Crippen molar-refractivity contribution in [3.05, 3.63) is 29.8 Å². The normalized spacial score (nSPS) is 18.4. The third kappa shape index (κ3) is 5.72. The van der Waals surface area contributed by atoms with Gasteiger partial charge >= 0.3 is 48.9 Å². The van der Waals surface area contributed by atoms with Gasteiger partial charge in [0.25, 0.3) is 0 Å². The Balaban J connectivity index is 1.97. The van der Waals surface area contributed by atoms with Crippen molar-refractivity contribution in [2.75, 3.05) is 6.61 Å². The first kappa shape index (κ1) is 31.2. The zero-order valence-electron chi connectivity index (χ0n) is 17.9. The summed E-state index contributed by atoms with van der Waals surface area (Å²) in [6.45, 7) is -0.151. The molecule has 0 aliphatic carbocycles. The van der Waals surface area contributed by atoms with Crippen LogP contribution in [0.4, 0.5) is 57.1 Å². The standard InChI is InChI=1S/C18H14BF13O4Si/c20-13(21,14(22,23)15(24,25)16(26,27)17(28,29)18(30,31)32)5-6-37-8-11-7-35-19(36-11)10-3-1-9(2-4-10)12(33)34/h1-4,11H,5-8H2,(H,33,34). The number of halogens is 13. The van der Waals surface area contributed by atoms with E-state index in [0.29, 0.717) is 5.46 Å². The molecular weight excluding hydrogens is 566 g/mol. The lowest BCUT2D eigenvalue weighted by Gasteiger charge is -2.39. The number of carboxylic acids is 1. The van der Waals surface area contributed by atoms with Gasteiger partial charge in [0.1, 0.15) is 0 Å². The van der Waals surface area contributed by atoms with Gasteiger partial charge in [-0.2, -0.15) is 57.1 Å². The number of hydrogen-bond acceptors (Lipinski definition) is 3. The second kappa shape index (κ2) is 10.3. The fourth-order valence-electron chi connectivity index (χ4n) is 2.98. The highest BCUT2D eigenvalue weighted by Crippen LogP contribution is 2.60. The first-order valence-electron chi connectivity index (χ1n) is 9.87. The predicted molar refractivity (Wildman–Crippen MR) is 100 cm³/mol. The molecule has 0 aromatic heterocycles. The van der Waals surface area contributed by atoms with Crippen LogP contribution in [0, 0.1) is 0 Å². The number of aromatic carboxylic acids is 1. The van der Waals surface area contributed by atoms with Gasteiger partial charge in [-0.3, -0.25) is 0 Å². The molecule has 19 heteroatoms. The molecule has 0 spiro atoms. The Morgan fingerprint density at radius 1 is 0.865 bits per heavy atom. The van der Waals surface area contributed by atoms with Crippen LogP contribution >= 0.6 is 0 Å². The second-order valence-electron chi connectivity index (χ2n) is 7.80. The Bertz CT molecular complexity index is 956. The van der Waals surface area contributed by atoms with Gasteiger partial charge < -0.3 is 14.4 Å². The summed E-state index contributed by atoms with van der Waals surface area (Å²) in [5, 5.41) is 8.84. The van der Waals surface area contributed by atoms with Crippen LogP contribution in [0.25, 0.3) is 0 Å². The van der Waals surface area contributed by atoms with Gasteiger partial charge in [0.05, 0.1) is 18.3 Å². The average Bonchev–Trinajstić information content (AvgIpc) is 3.24. The third-order valence-corrected chi connectivity index (χ3v) is 6.51. The lowest BCUT2D eigenvalue weighted by atomic mass is 9.79. The molecule has 2 rings (SSSR count). The van der Waals surface area contributed by atoms with E-state index in [2.05, 4.69) is 0 Å². The molecule has 1 aromatic carbocycles. The average molecular weight is 580 g/mol. The van der Waals surface area contributed by atoms with Crippen LogP contribution in [0.5, 0.6) is 0 Å². The van der Waals surface area contributed by atoms with E-state index >= 15 is 0 Å². The van der Waals surface area contributed by atoms with E-state index in [1.54, 1.807) is 0 Å². The molecule has 4 nitrogen and oxygen atoms in total. The first-order chi connectivity index (χ1) is 16.6. The van der Waals surface area contributed by atoms with Crippen molar-refractivity contribution in [2.45, 2.75) is 60.4 Å². The molecule has 2 radical (unpaired) electrons. The maximum Gasteiger partial charge on any atom is 0.494 e. The maximum atomic E-state index is 13.8. The molecule has 0 saturated carbocycles. The van der Waals surface area contributed by atoms with Crippen molar-refractivity contribution >= 4 is 28.1 Å². The van der Waals surface area contributed by atoms with Gasteiger partial charge in [-0.05, 0) is 23.6 Å². The van der Waals surface area contributed by atoms with E-state index < -0.39 is 77.0 Å². The molecule has 1 aliphatic heterocycles. The van der Waals surface area contributed by atoms with E-state index in [9.17, 15) is 61.9 Å². The highest BCUT2D eigenvalue weighted by atomic mass is 28.2. The van der Waals surface area contributed by atoms with Crippen molar-refractivity contribution in [3.8, 4) is 0 Å². The van der Waals surface area contributed by atoms with Gasteiger partial charge in [-0.15, -0.1) is 0 Å². The molecule has 208 valence electrons. The van der Waals surface area contributed by atoms with Crippen LogP contribution in [-0.4, -0.2) is 76.2 Å². The summed E-state index contributed by atoms with van der Waals surface area (Å²) in [7, 11) is -1.76. The van der Waals surface area contributed by atoms with Crippen LogP contribution in [0.1, 0.15) is 16.8 Å². The van der Waals surface area contributed by atoms with Crippen LogP contribution in [0.3, 0.4) is 0 Å². The SMILES string of the molecule is O=C(O)c1ccc(B2OCC(C[Si]CCC(F)(F)C(F)(F)C(F)(F)C(F)(F)C(F)(F)C(F)(F)F)O2)cc1. The Labute approximate surface area is 202 Å². The number of carbonyl (C=O) groups is 1. The van der Waals surface area contributed by atoms with Crippen molar-refractivity contribution in [1.82, 2.24) is 0 Å². The fourth-order valence-corrected chi connectivity index (χ4v) is 4.21. The van der Waals surface area contributed by atoms with Crippen LogP contribution < -0.4 is 5.46 Å². The van der Waals surface area contributed by atoms with Crippen molar-refractivity contribution in [1.29, 1.82) is 0 Å². The van der Waals surface area contributed by atoms with E-state index in [-0.39, 0.29) is 18.2 Å². The number of hydrogen-bond donors (Lipinski definition) is 1. The monoisotopic (exact) mass is 580 g/mol. The minimum Gasteiger partial charge on any atom is -0.478 e. The van der Waals surface area contributed by atoms with E-state index in [0.717, 1.165) is 0 Å². The van der Waals surface area contributed by atoms with E-state index in [1.165, 1.54) is 24.3 Å². The third-order valence-electron chi connectivity index (χ3n) is 5.17. The quantitative estimate of drug-likeness (QED) is 0.223. The van der Waals surface area contributed by atoms with Gasteiger partial charge in [-0.1, -0.05) is 18.2 Å². The number of rotatable bonds is 11. The molecular formula is C18H14BF13O4Si. The Morgan fingerprint density at radius 2 is 1.38 bits per heavy atom. The molecule has 1 heterocycles. The summed E-state index contributed by atoms with van der Waals surface area (Å²) >= 11 is 0. The smallest absolute Gasteiger partial charge is 0.478 e. The van der Waals surface area contributed by atoms with E-state index in [1.807, 2.05) is 0 Å². The molecule has 1 aromatic rings. The van der Waals surface area contributed by atoms with Crippen molar-refractivity contribution < 1.29 is 76.3 Å². The summed E-state index contributed by atoms with van der Waals surface area (Å²) in [6.07, 6.45) is -10.5. The molecule has 1 aliphatic rings. The van der Waals surface area contributed by atoms with Crippen molar-refractivity contribution in [3.63, 3.8) is 0 Å². The molecule has 0 bridgehead atoms. The van der Waals surface area contributed by atoms with Gasteiger partial charge in [0.2, 0.25) is 0 Å². The van der Waals surface area contributed by atoms with Crippen LogP contribution in [0.15, 0.2) is 24.3 Å². The molecule has 1 unspecified atom stereocenters. The number of benzene rings is 1. The predicted octanol–water partition coefficient (Wildman–Crippen LogP) is 5.17. The number of carboxylic acid groups (broad SMARTS) is 1. The minimum atomic E-state index is -7.90. The lowest BCUT2D eigenvalue weighted by molar-refractivity contribution is -0.439. The zero-order valence-corrected chi connectivity index (χ0v) is 18.9. The Hall–Kier alpha value is -2.02. The lowest BCUT2D eigenvalue weighted by Crippen LogP contribution is -2.70. The highest BCUT2D eigenvalue weighted by Gasteiger charge is 2.90. The van der Waals surface area contributed by atoms with Gasteiger partial charge in [0, 0.05) is 15.9 Å². The van der Waals surface area contributed by atoms with Crippen molar-refractivity contribution in [2.24, 2.45) is 0 Å². The Morgan fingerprint density at radius 3 is 1.86 bits per heavy atom. The Kier molecular flexibility index (Phi) is 8.66.